The lowest BCUT2D eigenvalue weighted by molar-refractivity contribution is 0.474. The van der Waals surface area contributed by atoms with Crippen LogP contribution in [0.25, 0.3) is 0 Å². The van der Waals surface area contributed by atoms with Gasteiger partial charge in [0.2, 0.25) is 0 Å². The molecule has 1 atom stereocenters. The molecule has 0 saturated carbocycles. The SMILES string of the molecule is CCNCCC(C)CCc1cc(Br)ccc1Br. The molecule has 0 saturated heterocycles. The zero-order chi connectivity index (χ0) is 12.7. The maximum absolute atomic E-state index is 3.61. The van der Waals surface area contributed by atoms with Gasteiger partial charge in [-0.2, -0.15) is 0 Å². The molecule has 96 valence electrons. The molecule has 0 bridgehead atoms. The van der Waals surface area contributed by atoms with Gasteiger partial charge < -0.3 is 5.32 Å². The lowest BCUT2D eigenvalue weighted by atomic mass is 9.98. The van der Waals surface area contributed by atoms with Crippen LogP contribution in [0.2, 0.25) is 0 Å². The summed E-state index contributed by atoms with van der Waals surface area (Å²) in [5.74, 6) is 0.778. The third kappa shape index (κ3) is 6.03. The Morgan fingerprint density at radius 3 is 2.71 bits per heavy atom. The van der Waals surface area contributed by atoms with E-state index in [1.54, 1.807) is 0 Å². The minimum Gasteiger partial charge on any atom is -0.317 e. The van der Waals surface area contributed by atoms with E-state index in [0.29, 0.717) is 0 Å². The zero-order valence-corrected chi connectivity index (χ0v) is 13.8. The number of halogens is 2. The third-order valence-electron chi connectivity index (χ3n) is 2.98. The smallest absolute Gasteiger partial charge is 0.0208 e. The van der Waals surface area contributed by atoms with E-state index in [-0.39, 0.29) is 0 Å². The fourth-order valence-electron chi connectivity index (χ4n) is 1.81. The number of nitrogens with one attached hydrogen (secondary N) is 1. The molecule has 17 heavy (non-hydrogen) atoms. The molecule has 1 unspecified atom stereocenters. The van der Waals surface area contributed by atoms with Crippen LogP contribution in [0.15, 0.2) is 27.1 Å². The van der Waals surface area contributed by atoms with Crippen LogP contribution in [0.1, 0.15) is 32.3 Å². The van der Waals surface area contributed by atoms with Gasteiger partial charge in [0.25, 0.3) is 0 Å². The summed E-state index contributed by atoms with van der Waals surface area (Å²) >= 11 is 7.14. The molecular formula is C14H21Br2N. The van der Waals surface area contributed by atoms with Gasteiger partial charge >= 0.3 is 0 Å². The highest BCUT2D eigenvalue weighted by Gasteiger charge is 2.05. The van der Waals surface area contributed by atoms with Crippen molar-refractivity contribution in [1.82, 2.24) is 5.32 Å². The number of hydrogen-bond acceptors (Lipinski definition) is 1. The molecule has 1 rings (SSSR count). The maximum atomic E-state index is 3.61. The molecule has 0 heterocycles. The maximum Gasteiger partial charge on any atom is 0.0208 e. The Balaban J connectivity index is 2.36. The highest BCUT2D eigenvalue weighted by molar-refractivity contribution is 9.11. The summed E-state index contributed by atoms with van der Waals surface area (Å²) in [6.07, 6.45) is 3.66. The Hall–Kier alpha value is 0.140. The molecule has 1 aromatic rings. The number of rotatable bonds is 7. The van der Waals surface area contributed by atoms with Crippen LogP contribution >= 0.6 is 31.9 Å². The van der Waals surface area contributed by atoms with Crippen molar-refractivity contribution in [3.05, 3.63) is 32.7 Å². The number of aryl methyl sites for hydroxylation is 1. The highest BCUT2D eigenvalue weighted by Crippen LogP contribution is 2.24. The minimum atomic E-state index is 0.778. The Morgan fingerprint density at radius 2 is 2.00 bits per heavy atom. The molecule has 1 aromatic carbocycles. The summed E-state index contributed by atoms with van der Waals surface area (Å²) in [5.41, 5.74) is 1.40. The Morgan fingerprint density at radius 1 is 1.24 bits per heavy atom. The topological polar surface area (TPSA) is 12.0 Å². The highest BCUT2D eigenvalue weighted by atomic mass is 79.9. The fraction of sp³-hybridized carbons (Fsp3) is 0.571. The van der Waals surface area contributed by atoms with Crippen molar-refractivity contribution in [2.45, 2.75) is 33.1 Å². The van der Waals surface area contributed by atoms with Crippen molar-refractivity contribution in [1.29, 1.82) is 0 Å². The van der Waals surface area contributed by atoms with Crippen LogP contribution in [-0.2, 0) is 6.42 Å². The summed E-state index contributed by atoms with van der Waals surface area (Å²) < 4.78 is 2.38. The second-order valence-corrected chi connectivity index (χ2v) is 6.29. The van der Waals surface area contributed by atoms with Gasteiger partial charge in [0, 0.05) is 8.95 Å². The van der Waals surface area contributed by atoms with Crippen LogP contribution in [0.5, 0.6) is 0 Å². The predicted octanol–water partition coefficient (Wildman–Crippen LogP) is 4.78. The van der Waals surface area contributed by atoms with Crippen molar-refractivity contribution in [3.63, 3.8) is 0 Å². The molecule has 1 nitrogen and oxygen atoms in total. The molecule has 0 aliphatic rings. The van der Waals surface area contributed by atoms with Gasteiger partial charge in [0.1, 0.15) is 0 Å². The van der Waals surface area contributed by atoms with E-state index in [1.165, 1.54) is 22.9 Å². The lowest BCUT2D eigenvalue weighted by Gasteiger charge is -2.12. The van der Waals surface area contributed by atoms with Crippen LogP contribution < -0.4 is 5.32 Å². The molecule has 0 spiro atoms. The van der Waals surface area contributed by atoms with E-state index in [9.17, 15) is 0 Å². The van der Waals surface area contributed by atoms with E-state index in [4.69, 9.17) is 0 Å². The minimum absolute atomic E-state index is 0.778. The van der Waals surface area contributed by atoms with Crippen LogP contribution in [0.3, 0.4) is 0 Å². The lowest BCUT2D eigenvalue weighted by Crippen LogP contribution is -2.16. The second kappa shape index (κ2) is 8.28. The molecule has 0 aromatic heterocycles. The monoisotopic (exact) mass is 361 g/mol. The van der Waals surface area contributed by atoms with Crippen molar-refractivity contribution in [2.75, 3.05) is 13.1 Å². The molecule has 0 radical (unpaired) electrons. The standard InChI is InChI=1S/C14H21Br2N/c1-3-17-9-8-11(2)4-5-12-10-13(15)6-7-14(12)16/h6-7,10-11,17H,3-5,8-9H2,1-2H3. The number of hydrogen-bond donors (Lipinski definition) is 1. The first-order valence-corrected chi connectivity index (χ1v) is 7.86. The van der Waals surface area contributed by atoms with Crippen LogP contribution in [-0.4, -0.2) is 13.1 Å². The average molecular weight is 363 g/mol. The fourth-order valence-corrected chi connectivity index (χ4v) is 2.66. The van der Waals surface area contributed by atoms with Gasteiger partial charge in [-0.15, -0.1) is 0 Å². The van der Waals surface area contributed by atoms with E-state index in [0.717, 1.165) is 29.9 Å². The molecule has 0 amide bonds. The predicted molar refractivity (Wildman–Crippen MR) is 82.5 cm³/mol. The van der Waals surface area contributed by atoms with E-state index >= 15 is 0 Å². The van der Waals surface area contributed by atoms with Gasteiger partial charge in [0.15, 0.2) is 0 Å². The summed E-state index contributed by atoms with van der Waals surface area (Å²) in [7, 11) is 0. The Labute approximate surface area is 122 Å². The second-order valence-electron chi connectivity index (χ2n) is 4.52. The van der Waals surface area contributed by atoms with E-state index in [2.05, 4.69) is 69.2 Å². The summed E-state index contributed by atoms with van der Waals surface area (Å²) in [6.45, 7) is 6.70. The van der Waals surface area contributed by atoms with Gasteiger partial charge in [-0.1, -0.05) is 45.7 Å². The third-order valence-corrected chi connectivity index (χ3v) is 4.25. The molecule has 1 N–H and O–H groups in total. The van der Waals surface area contributed by atoms with Gasteiger partial charge in [-0.05, 0) is 62.0 Å². The quantitative estimate of drug-likeness (QED) is 0.688. The first-order valence-electron chi connectivity index (χ1n) is 6.28. The molecule has 0 aliphatic heterocycles. The Kier molecular flexibility index (Phi) is 7.40. The van der Waals surface area contributed by atoms with Crippen molar-refractivity contribution < 1.29 is 0 Å². The summed E-state index contributed by atoms with van der Waals surface area (Å²) in [6, 6.07) is 6.39. The van der Waals surface area contributed by atoms with Gasteiger partial charge in [-0.3, -0.25) is 0 Å². The van der Waals surface area contributed by atoms with Crippen molar-refractivity contribution in [3.8, 4) is 0 Å². The van der Waals surface area contributed by atoms with Crippen LogP contribution in [0, 0.1) is 5.92 Å². The summed E-state index contributed by atoms with van der Waals surface area (Å²) in [4.78, 5) is 0. The first-order chi connectivity index (χ1) is 8.13. The first kappa shape index (κ1) is 15.2. The molecule has 0 fully saturated rings. The van der Waals surface area contributed by atoms with E-state index < -0.39 is 0 Å². The Bertz CT molecular complexity index is 339. The normalized spacial score (nSPS) is 12.7. The van der Waals surface area contributed by atoms with Crippen molar-refractivity contribution in [2.24, 2.45) is 5.92 Å². The van der Waals surface area contributed by atoms with E-state index in [1.807, 2.05) is 0 Å². The zero-order valence-electron chi connectivity index (χ0n) is 10.6. The largest absolute Gasteiger partial charge is 0.317 e. The van der Waals surface area contributed by atoms with Crippen LogP contribution in [0.4, 0.5) is 0 Å². The average Bonchev–Trinajstić information content (AvgIpc) is 2.31. The number of benzene rings is 1. The summed E-state index contributed by atoms with van der Waals surface area (Å²) in [5, 5.41) is 3.38. The molecular weight excluding hydrogens is 342 g/mol. The molecule has 3 heteroatoms. The van der Waals surface area contributed by atoms with Crippen molar-refractivity contribution >= 4 is 31.9 Å². The van der Waals surface area contributed by atoms with Gasteiger partial charge in [0.05, 0.1) is 0 Å². The van der Waals surface area contributed by atoms with Gasteiger partial charge in [-0.25, -0.2) is 0 Å². The molecule has 0 aliphatic carbocycles.